The fourth-order valence-corrected chi connectivity index (χ4v) is 3.92. The summed E-state index contributed by atoms with van der Waals surface area (Å²) in [6.07, 6.45) is -4.50. The molecule has 162 valence electrons. The second-order valence-corrected chi connectivity index (χ2v) is 8.25. The Balaban J connectivity index is 0.00000320. The maximum absolute atomic E-state index is 13.2. The number of thiazole rings is 1. The van der Waals surface area contributed by atoms with E-state index in [0.29, 0.717) is 18.2 Å². The monoisotopic (exact) mass is 457 g/mol. The van der Waals surface area contributed by atoms with E-state index in [0.717, 1.165) is 33.5 Å². The highest BCUT2D eigenvalue weighted by Gasteiger charge is 2.31. The van der Waals surface area contributed by atoms with Crippen LogP contribution in [0.15, 0.2) is 36.4 Å². The molecule has 0 N–H and O–H groups in total. The Hall–Kier alpha value is -2.16. The van der Waals surface area contributed by atoms with Crippen LogP contribution in [-0.4, -0.2) is 43.0 Å². The molecule has 4 nitrogen and oxygen atoms in total. The van der Waals surface area contributed by atoms with Crippen LogP contribution in [0.4, 0.5) is 18.3 Å². The second-order valence-electron chi connectivity index (χ2n) is 7.24. The lowest BCUT2D eigenvalue weighted by molar-refractivity contribution is -0.137. The minimum absolute atomic E-state index is 0. The van der Waals surface area contributed by atoms with E-state index in [2.05, 4.69) is 4.98 Å². The quantitative estimate of drug-likeness (QED) is 0.503. The number of hydrogen-bond acceptors (Lipinski definition) is 4. The molecule has 9 heteroatoms. The highest BCUT2D eigenvalue weighted by Crippen LogP contribution is 2.33. The fourth-order valence-electron chi connectivity index (χ4n) is 2.85. The van der Waals surface area contributed by atoms with Crippen molar-refractivity contribution in [3.05, 3.63) is 58.7 Å². The first-order chi connectivity index (χ1) is 13.6. The maximum atomic E-state index is 13.2. The lowest BCUT2D eigenvalue weighted by atomic mass is 10.1. The number of rotatable bonds is 5. The van der Waals surface area contributed by atoms with Gasteiger partial charge in [-0.3, -0.25) is 9.69 Å². The van der Waals surface area contributed by atoms with E-state index in [4.69, 9.17) is 0 Å². The zero-order valence-corrected chi connectivity index (χ0v) is 18.7. The topological polar surface area (TPSA) is 36.4 Å². The molecule has 30 heavy (non-hydrogen) atoms. The molecule has 0 bridgehead atoms. The number of carbonyl (C=O) groups excluding carboxylic acids is 1. The highest BCUT2D eigenvalue weighted by molar-refractivity contribution is 7.22. The van der Waals surface area contributed by atoms with Gasteiger partial charge >= 0.3 is 6.18 Å². The minimum atomic E-state index is -4.50. The normalized spacial score (nSPS) is 11.6. The van der Waals surface area contributed by atoms with Gasteiger partial charge in [-0.25, -0.2) is 4.98 Å². The predicted molar refractivity (Wildman–Crippen MR) is 118 cm³/mol. The minimum Gasteiger partial charge on any atom is -0.308 e. The van der Waals surface area contributed by atoms with Crippen molar-refractivity contribution in [3.8, 4) is 0 Å². The molecule has 1 heterocycles. The summed E-state index contributed by atoms with van der Waals surface area (Å²) in [5.41, 5.74) is 2.14. The smallest absolute Gasteiger partial charge is 0.308 e. The lowest BCUT2D eigenvalue weighted by Crippen LogP contribution is -2.36. The number of carbonyl (C=O) groups is 1. The van der Waals surface area contributed by atoms with E-state index >= 15 is 0 Å². The molecule has 0 unspecified atom stereocenters. The van der Waals surface area contributed by atoms with E-state index in [1.165, 1.54) is 28.4 Å². The van der Waals surface area contributed by atoms with E-state index in [-0.39, 0.29) is 18.0 Å². The highest BCUT2D eigenvalue weighted by atomic mass is 35.5. The van der Waals surface area contributed by atoms with Gasteiger partial charge < -0.3 is 4.90 Å². The summed E-state index contributed by atoms with van der Waals surface area (Å²) >= 11 is 1.37. The van der Waals surface area contributed by atoms with Gasteiger partial charge in [-0.2, -0.15) is 13.2 Å². The molecule has 0 aliphatic carbocycles. The average molecular weight is 458 g/mol. The van der Waals surface area contributed by atoms with Gasteiger partial charge in [0.15, 0.2) is 5.13 Å². The number of hydrogen-bond donors (Lipinski definition) is 0. The number of alkyl halides is 3. The summed E-state index contributed by atoms with van der Waals surface area (Å²) in [6.45, 7) is 4.87. The SMILES string of the molecule is Cc1cc2nc(N(CCN(C)C)C(=O)c3cccc(C(F)(F)F)c3)sc2cc1C.Cl. The molecule has 0 radical (unpaired) electrons. The van der Waals surface area contributed by atoms with Crippen LogP contribution in [-0.2, 0) is 6.18 Å². The van der Waals surface area contributed by atoms with Gasteiger partial charge in [0, 0.05) is 18.7 Å². The van der Waals surface area contributed by atoms with Crippen molar-refractivity contribution >= 4 is 45.0 Å². The van der Waals surface area contributed by atoms with Crippen molar-refractivity contribution < 1.29 is 18.0 Å². The zero-order chi connectivity index (χ0) is 21.3. The van der Waals surface area contributed by atoms with Gasteiger partial charge in [0.05, 0.1) is 15.8 Å². The maximum Gasteiger partial charge on any atom is 0.416 e. The Kier molecular flexibility index (Phi) is 7.49. The van der Waals surface area contributed by atoms with Crippen molar-refractivity contribution in [2.45, 2.75) is 20.0 Å². The van der Waals surface area contributed by atoms with Crippen LogP contribution in [0.5, 0.6) is 0 Å². The Labute approximate surface area is 183 Å². The number of nitrogens with zero attached hydrogens (tertiary/aromatic N) is 3. The standard InChI is InChI=1S/C21H22F3N3OS.ClH/c1-13-10-17-18(11-14(13)2)29-20(25-17)27(9-8-26(3)4)19(28)15-6-5-7-16(12-15)21(22,23)24;/h5-7,10-12H,8-9H2,1-4H3;1H. The van der Waals surface area contributed by atoms with E-state index < -0.39 is 17.6 Å². The fraction of sp³-hybridized carbons (Fsp3) is 0.333. The third-order valence-electron chi connectivity index (χ3n) is 4.68. The van der Waals surface area contributed by atoms with Crippen molar-refractivity contribution in [2.75, 3.05) is 32.1 Å². The number of aromatic nitrogens is 1. The molecule has 0 atom stereocenters. The zero-order valence-electron chi connectivity index (χ0n) is 17.1. The Morgan fingerprint density at radius 2 is 1.73 bits per heavy atom. The lowest BCUT2D eigenvalue weighted by Gasteiger charge is -2.22. The molecule has 0 saturated heterocycles. The van der Waals surface area contributed by atoms with Crippen molar-refractivity contribution in [2.24, 2.45) is 0 Å². The molecule has 3 rings (SSSR count). The third kappa shape index (κ3) is 5.30. The summed E-state index contributed by atoms with van der Waals surface area (Å²) in [6, 6.07) is 8.50. The summed E-state index contributed by atoms with van der Waals surface area (Å²) in [7, 11) is 3.75. The Morgan fingerprint density at radius 1 is 1.07 bits per heavy atom. The van der Waals surface area contributed by atoms with Gasteiger partial charge in [0.2, 0.25) is 0 Å². The Bertz CT molecular complexity index is 1010. The molecule has 0 fully saturated rings. The molecular formula is C21H23ClF3N3OS. The molecule has 0 spiro atoms. The average Bonchev–Trinajstić information content (AvgIpc) is 3.03. The molecule has 3 aromatic rings. The molecular weight excluding hydrogens is 435 g/mol. The van der Waals surface area contributed by atoms with E-state index in [1.54, 1.807) is 0 Å². The van der Waals surface area contributed by atoms with Crippen LogP contribution < -0.4 is 4.90 Å². The summed E-state index contributed by atoms with van der Waals surface area (Å²) < 4.78 is 40.2. The van der Waals surface area contributed by atoms with Gasteiger partial charge in [-0.15, -0.1) is 12.4 Å². The number of amides is 1. The van der Waals surface area contributed by atoms with Gasteiger partial charge in [-0.1, -0.05) is 17.4 Å². The largest absolute Gasteiger partial charge is 0.416 e. The van der Waals surface area contributed by atoms with Crippen LogP contribution in [0.2, 0.25) is 0 Å². The van der Waals surface area contributed by atoms with Gasteiger partial charge in [0.25, 0.3) is 5.91 Å². The van der Waals surface area contributed by atoms with Crippen LogP contribution in [0.3, 0.4) is 0 Å². The van der Waals surface area contributed by atoms with Crippen LogP contribution in [0.25, 0.3) is 10.2 Å². The summed E-state index contributed by atoms with van der Waals surface area (Å²) in [4.78, 5) is 21.1. The number of benzene rings is 2. The van der Waals surface area contributed by atoms with Crippen LogP contribution >= 0.6 is 23.7 Å². The second kappa shape index (κ2) is 9.32. The first-order valence-corrected chi connectivity index (χ1v) is 9.89. The number of halogens is 4. The van der Waals surface area contributed by atoms with E-state index in [1.807, 2.05) is 45.0 Å². The Morgan fingerprint density at radius 3 is 2.37 bits per heavy atom. The van der Waals surface area contributed by atoms with Gasteiger partial charge in [-0.05, 0) is 69.4 Å². The van der Waals surface area contributed by atoms with Crippen LogP contribution in [0, 0.1) is 13.8 Å². The first-order valence-electron chi connectivity index (χ1n) is 9.08. The van der Waals surface area contributed by atoms with Crippen molar-refractivity contribution in [1.82, 2.24) is 9.88 Å². The molecule has 0 aliphatic rings. The number of fused-ring (bicyclic) bond motifs is 1. The molecule has 2 aromatic carbocycles. The summed E-state index contributed by atoms with van der Waals surface area (Å²) in [5, 5.41) is 0.481. The number of anilines is 1. The predicted octanol–water partition coefficient (Wildman–Crippen LogP) is 5.56. The van der Waals surface area contributed by atoms with Crippen molar-refractivity contribution in [1.29, 1.82) is 0 Å². The molecule has 1 aromatic heterocycles. The number of likely N-dealkylation sites (N-methyl/N-ethyl adjacent to an activating group) is 1. The molecule has 0 saturated carbocycles. The van der Waals surface area contributed by atoms with Crippen molar-refractivity contribution in [3.63, 3.8) is 0 Å². The first kappa shape index (κ1) is 24.1. The molecule has 0 aliphatic heterocycles. The van der Waals surface area contributed by atoms with E-state index in [9.17, 15) is 18.0 Å². The summed E-state index contributed by atoms with van der Waals surface area (Å²) in [5.74, 6) is -0.495. The van der Waals surface area contributed by atoms with Gasteiger partial charge in [0.1, 0.15) is 0 Å². The molecule has 1 amide bonds. The third-order valence-corrected chi connectivity index (χ3v) is 5.72. The number of aryl methyl sites for hydroxylation is 2. The van der Waals surface area contributed by atoms with Crippen LogP contribution in [0.1, 0.15) is 27.0 Å².